The summed E-state index contributed by atoms with van der Waals surface area (Å²) in [7, 11) is 0. The van der Waals surface area contributed by atoms with Crippen molar-refractivity contribution in [3.8, 4) is 0 Å². The number of halogens is 1. The van der Waals surface area contributed by atoms with Crippen molar-refractivity contribution in [2.75, 3.05) is 11.2 Å². The molecule has 0 spiro atoms. The Labute approximate surface area is 105 Å². The molecular weight excluding hydrogens is 240 g/mol. The Hall–Kier alpha value is -1.55. The molecule has 4 nitrogen and oxygen atoms in total. The number of nitrogens with two attached hydrogens (primary N) is 1. The zero-order valence-electron chi connectivity index (χ0n) is 9.79. The number of nitrogens with one attached hydrogen (secondary N) is 1. The number of anilines is 1. The van der Waals surface area contributed by atoms with Gasteiger partial charge in [-0.1, -0.05) is 6.07 Å². The number of hydrogen-bond acceptors (Lipinski definition) is 2. The Bertz CT molecular complexity index is 444. The van der Waals surface area contributed by atoms with Crippen LogP contribution in [-0.4, -0.2) is 17.7 Å². The fourth-order valence-electron chi connectivity index (χ4n) is 1.11. The van der Waals surface area contributed by atoms with E-state index in [0.29, 0.717) is 11.3 Å². The van der Waals surface area contributed by atoms with Crippen molar-refractivity contribution in [2.45, 2.75) is 13.8 Å². The molecule has 2 amide bonds. The minimum atomic E-state index is -0.662. The summed E-state index contributed by atoms with van der Waals surface area (Å²) in [6, 6.07) is 6.47. The van der Waals surface area contributed by atoms with Gasteiger partial charge in [0, 0.05) is 17.1 Å². The van der Waals surface area contributed by atoms with E-state index in [-0.39, 0.29) is 11.8 Å². The number of carbonyl (C=O) groups is 2. The standard InChI is InChI=1S/C12H15ClN2O2/c1-12(2,7-13)11(17)15-9-5-3-4-8(6-9)10(14)16/h3-6H,7H2,1-2H3,(H2,14,16)(H,15,17). The first-order valence-electron chi connectivity index (χ1n) is 5.14. The average Bonchev–Trinajstić information content (AvgIpc) is 2.29. The number of amides is 2. The molecule has 0 saturated carbocycles. The summed E-state index contributed by atoms with van der Waals surface area (Å²) in [6.45, 7) is 3.49. The molecule has 0 aliphatic heterocycles. The normalized spacial score (nSPS) is 11.0. The van der Waals surface area contributed by atoms with Crippen LogP contribution in [0.5, 0.6) is 0 Å². The van der Waals surface area contributed by atoms with Gasteiger partial charge in [-0.05, 0) is 32.0 Å². The van der Waals surface area contributed by atoms with Gasteiger partial charge in [-0.2, -0.15) is 0 Å². The third kappa shape index (κ3) is 3.46. The summed E-state index contributed by atoms with van der Waals surface area (Å²) in [5.41, 5.74) is 5.38. The minimum Gasteiger partial charge on any atom is -0.366 e. The zero-order chi connectivity index (χ0) is 13.1. The molecule has 0 saturated heterocycles. The van der Waals surface area contributed by atoms with E-state index in [1.807, 2.05) is 0 Å². The Kier molecular flexibility index (Phi) is 4.12. The summed E-state index contributed by atoms with van der Waals surface area (Å²) >= 11 is 5.70. The lowest BCUT2D eigenvalue weighted by molar-refractivity contribution is -0.122. The number of hydrogen-bond donors (Lipinski definition) is 2. The highest BCUT2D eigenvalue weighted by atomic mass is 35.5. The van der Waals surface area contributed by atoms with Crippen LogP contribution in [0, 0.1) is 5.41 Å². The molecule has 3 N–H and O–H groups in total. The number of alkyl halides is 1. The Balaban J connectivity index is 2.86. The van der Waals surface area contributed by atoms with Crippen molar-refractivity contribution < 1.29 is 9.59 Å². The number of rotatable bonds is 4. The predicted octanol–water partition coefficient (Wildman–Crippen LogP) is 1.99. The van der Waals surface area contributed by atoms with Crippen LogP contribution in [0.25, 0.3) is 0 Å². The van der Waals surface area contributed by atoms with Crippen molar-refractivity contribution in [1.29, 1.82) is 0 Å². The summed E-state index contributed by atoms with van der Waals surface area (Å²) in [6.07, 6.45) is 0. The molecular formula is C12H15ClN2O2. The van der Waals surface area contributed by atoms with Crippen molar-refractivity contribution in [2.24, 2.45) is 11.1 Å². The molecule has 17 heavy (non-hydrogen) atoms. The smallest absolute Gasteiger partial charge is 0.248 e. The van der Waals surface area contributed by atoms with E-state index in [1.165, 1.54) is 6.07 Å². The van der Waals surface area contributed by atoms with Gasteiger partial charge in [0.1, 0.15) is 0 Å². The van der Waals surface area contributed by atoms with Crippen LogP contribution in [-0.2, 0) is 4.79 Å². The topological polar surface area (TPSA) is 72.2 Å². The summed E-state index contributed by atoms with van der Waals surface area (Å²) in [4.78, 5) is 22.8. The monoisotopic (exact) mass is 254 g/mol. The van der Waals surface area contributed by atoms with Crippen LogP contribution in [0.3, 0.4) is 0 Å². The lowest BCUT2D eigenvalue weighted by Gasteiger charge is -2.20. The van der Waals surface area contributed by atoms with Crippen molar-refractivity contribution >= 4 is 29.1 Å². The Morgan fingerprint density at radius 3 is 2.59 bits per heavy atom. The first-order chi connectivity index (χ1) is 7.86. The highest BCUT2D eigenvalue weighted by Gasteiger charge is 2.26. The van der Waals surface area contributed by atoms with E-state index < -0.39 is 11.3 Å². The van der Waals surface area contributed by atoms with Crippen molar-refractivity contribution in [1.82, 2.24) is 0 Å². The molecule has 0 atom stereocenters. The van der Waals surface area contributed by atoms with Crippen LogP contribution in [0.1, 0.15) is 24.2 Å². The van der Waals surface area contributed by atoms with Crippen molar-refractivity contribution in [3.63, 3.8) is 0 Å². The average molecular weight is 255 g/mol. The molecule has 0 aliphatic carbocycles. The van der Waals surface area contributed by atoms with Crippen LogP contribution in [0.4, 0.5) is 5.69 Å². The highest BCUT2D eigenvalue weighted by molar-refractivity contribution is 6.20. The summed E-state index contributed by atoms with van der Waals surface area (Å²) < 4.78 is 0. The molecule has 1 rings (SSSR count). The van der Waals surface area contributed by atoms with E-state index in [1.54, 1.807) is 32.0 Å². The number of primary amides is 1. The van der Waals surface area contributed by atoms with E-state index in [4.69, 9.17) is 17.3 Å². The molecule has 0 bridgehead atoms. The summed E-state index contributed by atoms with van der Waals surface area (Å²) in [5.74, 6) is -0.513. The largest absolute Gasteiger partial charge is 0.366 e. The zero-order valence-corrected chi connectivity index (χ0v) is 10.5. The van der Waals surface area contributed by atoms with Gasteiger partial charge >= 0.3 is 0 Å². The fraction of sp³-hybridized carbons (Fsp3) is 0.333. The minimum absolute atomic E-state index is 0.200. The third-order valence-electron chi connectivity index (χ3n) is 2.35. The van der Waals surface area contributed by atoms with E-state index >= 15 is 0 Å². The Morgan fingerprint density at radius 2 is 2.06 bits per heavy atom. The molecule has 0 unspecified atom stereocenters. The lowest BCUT2D eigenvalue weighted by atomic mass is 9.95. The van der Waals surface area contributed by atoms with Crippen LogP contribution < -0.4 is 11.1 Å². The van der Waals surface area contributed by atoms with Gasteiger partial charge in [0.2, 0.25) is 11.8 Å². The Morgan fingerprint density at radius 1 is 1.41 bits per heavy atom. The highest BCUT2D eigenvalue weighted by Crippen LogP contribution is 2.20. The molecule has 0 aliphatic rings. The molecule has 1 aromatic carbocycles. The maximum Gasteiger partial charge on any atom is 0.248 e. The summed E-state index contributed by atoms with van der Waals surface area (Å²) in [5, 5.41) is 2.70. The van der Waals surface area contributed by atoms with E-state index in [2.05, 4.69) is 5.32 Å². The van der Waals surface area contributed by atoms with E-state index in [9.17, 15) is 9.59 Å². The quantitative estimate of drug-likeness (QED) is 0.807. The van der Waals surface area contributed by atoms with E-state index in [0.717, 1.165) is 0 Å². The second kappa shape index (κ2) is 5.19. The van der Waals surface area contributed by atoms with Gasteiger partial charge in [-0.25, -0.2) is 0 Å². The van der Waals surface area contributed by atoms with Crippen LogP contribution in [0.2, 0.25) is 0 Å². The fourth-order valence-corrected chi connectivity index (χ4v) is 1.23. The second-order valence-corrected chi connectivity index (χ2v) is 4.68. The molecule has 0 heterocycles. The molecule has 92 valence electrons. The van der Waals surface area contributed by atoms with Gasteiger partial charge < -0.3 is 11.1 Å². The van der Waals surface area contributed by atoms with Crippen molar-refractivity contribution in [3.05, 3.63) is 29.8 Å². The first kappa shape index (κ1) is 13.5. The van der Waals surface area contributed by atoms with Crippen LogP contribution in [0.15, 0.2) is 24.3 Å². The van der Waals surface area contributed by atoms with Gasteiger partial charge in [0.15, 0.2) is 0 Å². The maximum absolute atomic E-state index is 11.8. The molecule has 5 heteroatoms. The maximum atomic E-state index is 11.8. The molecule has 0 radical (unpaired) electrons. The third-order valence-corrected chi connectivity index (χ3v) is 3.02. The lowest BCUT2D eigenvalue weighted by Crippen LogP contribution is -2.32. The van der Waals surface area contributed by atoms with Gasteiger partial charge in [0.05, 0.1) is 5.41 Å². The molecule has 0 aromatic heterocycles. The SMILES string of the molecule is CC(C)(CCl)C(=O)Nc1cccc(C(N)=O)c1. The predicted molar refractivity (Wildman–Crippen MR) is 68.1 cm³/mol. The number of benzene rings is 1. The van der Waals surface area contributed by atoms with Crippen LogP contribution >= 0.6 is 11.6 Å². The second-order valence-electron chi connectivity index (χ2n) is 4.42. The molecule has 1 aromatic rings. The molecule has 0 fully saturated rings. The van der Waals surface area contributed by atoms with Gasteiger partial charge in [0.25, 0.3) is 0 Å². The first-order valence-corrected chi connectivity index (χ1v) is 5.67. The van der Waals surface area contributed by atoms with Gasteiger partial charge in [-0.3, -0.25) is 9.59 Å². The number of carbonyl (C=O) groups excluding carboxylic acids is 2. The van der Waals surface area contributed by atoms with Gasteiger partial charge in [-0.15, -0.1) is 11.6 Å².